The average molecular weight is 301 g/mol. The van der Waals surface area contributed by atoms with Crippen LogP contribution in [0.1, 0.15) is 36.2 Å². The van der Waals surface area contributed by atoms with Gasteiger partial charge in [-0.25, -0.2) is 17.9 Å². The van der Waals surface area contributed by atoms with Crippen LogP contribution in [0.3, 0.4) is 0 Å². The zero-order valence-electron chi connectivity index (χ0n) is 11.5. The van der Waals surface area contributed by atoms with Crippen molar-refractivity contribution in [2.75, 3.05) is 6.54 Å². The maximum absolute atomic E-state index is 12.2. The molecule has 0 heterocycles. The van der Waals surface area contributed by atoms with Crippen LogP contribution in [0.15, 0.2) is 23.1 Å². The average Bonchev–Trinajstić information content (AvgIpc) is 2.37. The normalized spacial score (nSPS) is 13.2. The van der Waals surface area contributed by atoms with E-state index in [1.54, 1.807) is 13.8 Å². The number of hydrogen-bond acceptors (Lipinski definition) is 4. The lowest BCUT2D eigenvalue weighted by molar-refractivity contribution is 0.0696. The van der Waals surface area contributed by atoms with Crippen LogP contribution < -0.4 is 4.72 Å². The van der Waals surface area contributed by atoms with Crippen molar-refractivity contribution >= 4 is 16.0 Å². The van der Waals surface area contributed by atoms with E-state index in [2.05, 4.69) is 4.72 Å². The van der Waals surface area contributed by atoms with Crippen LogP contribution in [0.2, 0.25) is 0 Å². The molecule has 0 aromatic heterocycles. The Bertz CT molecular complexity index is 580. The van der Waals surface area contributed by atoms with Crippen molar-refractivity contribution in [3.63, 3.8) is 0 Å². The number of hydrogen-bond donors (Lipinski definition) is 3. The first-order chi connectivity index (χ1) is 9.27. The number of aromatic carboxylic acids is 1. The summed E-state index contributed by atoms with van der Waals surface area (Å²) in [7, 11) is -3.78. The number of rotatable bonds is 7. The van der Waals surface area contributed by atoms with E-state index in [4.69, 9.17) is 10.2 Å². The van der Waals surface area contributed by atoms with Crippen molar-refractivity contribution < 1.29 is 23.4 Å². The molecule has 0 bridgehead atoms. The number of carbonyl (C=O) groups is 1. The van der Waals surface area contributed by atoms with Crippen LogP contribution in [0.4, 0.5) is 0 Å². The van der Waals surface area contributed by atoms with Crippen LogP contribution in [0.5, 0.6) is 0 Å². The van der Waals surface area contributed by atoms with E-state index >= 15 is 0 Å². The molecule has 0 aliphatic rings. The Morgan fingerprint density at radius 2 is 2.05 bits per heavy atom. The molecule has 1 aromatic rings. The summed E-state index contributed by atoms with van der Waals surface area (Å²) in [5.74, 6) is -1.17. The summed E-state index contributed by atoms with van der Waals surface area (Å²) >= 11 is 0. The van der Waals surface area contributed by atoms with Crippen molar-refractivity contribution in [2.24, 2.45) is 0 Å². The van der Waals surface area contributed by atoms with Crippen LogP contribution in [0.25, 0.3) is 0 Å². The quantitative estimate of drug-likeness (QED) is 0.697. The van der Waals surface area contributed by atoms with Crippen molar-refractivity contribution in [1.82, 2.24) is 4.72 Å². The standard InChI is InChI=1S/C13H19NO5S/c1-3-10-4-5-11(13(16)17)8-12(10)20(18,19)14-7-6-9(2)15/h4-5,8-9,14-15H,3,6-7H2,1-2H3,(H,16,17). The lowest BCUT2D eigenvalue weighted by Gasteiger charge is -2.12. The highest BCUT2D eigenvalue weighted by atomic mass is 32.2. The van der Waals surface area contributed by atoms with E-state index in [9.17, 15) is 13.2 Å². The highest BCUT2D eigenvalue weighted by molar-refractivity contribution is 7.89. The molecule has 0 saturated heterocycles. The third-order valence-electron chi connectivity index (χ3n) is 2.84. The Labute approximate surface area is 118 Å². The first kappa shape index (κ1) is 16.6. The Kier molecular flexibility index (Phi) is 5.67. The summed E-state index contributed by atoms with van der Waals surface area (Å²) in [6.45, 7) is 3.46. The first-order valence-corrected chi connectivity index (χ1v) is 7.80. The number of aryl methyl sites for hydroxylation is 1. The Hall–Kier alpha value is -1.44. The second kappa shape index (κ2) is 6.83. The van der Waals surface area contributed by atoms with Gasteiger partial charge >= 0.3 is 5.97 Å². The summed E-state index contributed by atoms with van der Waals surface area (Å²) < 4.78 is 26.7. The van der Waals surface area contributed by atoms with Crippen LogP contribution in [-0.2, 0) is 16.4 Å². The van der Waals surface area contributed by atoms with Gasteiger partial charge in [-0.3, -0.25) is 0 Å². The monoisotopic (exact) mass is 301 g/mol. The molecule has 1 unspecified atom stereocenters. The van der Waals surface area contributed by atoms with Gasteiger partial charge in [0.1, 0.15) is 0 Å². The summed E-state index contributed by atoms with van der Waals surface area (Å²) in [6.07, 6.45) is 0.167. The topological polar surface area (TPSA) is 104 Å². The van der Waals surface area contributed by atoms with Crippen molar-refractivity contribution in [2.45, 2.75) is 37.7 Å². The molecule has 20 heavy (non-hydrogen) atoms. The predicted molar refractivity (Wildman–Crippen MR) is 74.3 cm³/mol. The van der Waals surface area contributed by atoms with E-state index in [-0.39, 0.29) is 17.0 Å². The molecule has 112 valence electrons. The summed E-state index contributed by atoms with van der Waals surface area (Å²) in [4.78, 5) is 10.9. The van der Waals surface area contributed by atoms with Crippen LogP contribution >= 0.6 is 0 Å². The molecule has 0 saturated carbocycles. The second-order valence-electron chi connectivity index (χ2n) is 4.52. The molecular weight excluding hydrogens is 282 g/mol. The summed E-state index contributed by atoms with van der Waals surface area (Å²) in [6, 6.07) is 4.05. The summed E-state index contributed by atoms with van der Waals surface area (Å²) in [5, 5.41) is 18.1. The third-order valence-corrected chi connectivity index (χ3v) is 4.38. The highest BCUT2D eigenvalue weighted by Gasteiger charge is 2.19. The molecule has 0 fully saturated rings. The van der Waals surface area contributed by atoms with Crippen molar-refractivity contribution in [3.05, 3.63) is 29.3 Å². The largest absolute Gasteiger partial charge is 0.478 e. The van der Waals surface area contributed by atoms with E-state index in [1.807, 2.05) is 0 Å². The SMILES string of the molecule is CCc1ccc(C(=O)O)cc1S(=O)(=O)NCCC(C)O. The molecule has 0 spiro atoms. The fraction of sp³-hybridized carbons (Fsp3) is 0.462. The molecule has 0 radical (unpaired) electrons. The van der Waals surface area contributed by atoms with Crippen molar-refractivity contribution in [1.29, 1.82) is 0 Å². The zero-order chi connectivity index (χ0) is 15.3. The van der Waals surface area contributed by atoms with Crippen LogP contribution in [0, 0.1) is 0 Å². The summed E-state index contributed by atoms with van der Waals surface area (Å²) in [5.41, 5.74) is 0.484. The zero-order valence-corrected chi connectivity index (χ0v) is 12.3. The lowest BCUT2D eigenvalue weighted by Crippen LogP contribution is -2.27. The van der Waals surface area contributed by atoms with Gasteiger partial charge in [0, 0.05) is 6.54 Å². The number of sulfonamides is 1. The number of nitrogens with one attached hydrogen (secondary N) is 1. The number of aliphatic hydroxyl groups excluding tert-OH is 1. The molecule has 7 heteroatoms. The molecule has 0 aliphatic carbocycles. The number of carboxylic acid groups (broad SMARTS) is 1. The van der Waals surface area contributed by atoms with E-state index < -0.39 is 22.1 Å². The molecular formula is C13H19NO5S. The van der Waals surface area contributed by atoms with E-state index in [1.165, 1.54) is 12.1 Å². The van der Waals surface area contributed by atoms with Gasteiger partial charge in [0.15, 0.2) is 0 Å². The smallest absolute Gasteiger partial charge is 0.335 e. The van der Waals surface area contributed by atoms with E-state index in [0.717, 1.165) is 6.07 Å². The fourth-order valence-electron chi connectivity index (χ4n) is 1.71. The molecule has 1 aromatic carbocycles. The molecule has 3 N–H and O–H groups in total. The molecule has 1 rings (SSSR count). The number of aliphatic hydroxyl groups is 1. The maximum atomic E-state index is 12.2. The van der Waals surface area contributed by atoms with Gasteiger partial charge < -0.3 is 10.2 Å². The van der Waals surface area contributed by atoms with Gasteiger partial charge in [0.2, 0.25) is 10.0 Å². The first-order valence-electron chi connectivity index (χ1n) is 6.32. The Balaban J connectivity index is 3.08. The van der Waals surface area contributed by atoms with Crippen molar-refractivity contribution in [3.8, 4) is 0 Å². The molecule has 0 amide bonds. The maximum Gasteiger partial charge on any atom is 0.335 e. The highest BCUT2D eigenvalue weighted by Crippen LogP contribution is 2.18. The van der Waals surface area contributed by atoms with Gasteiger partial charge in [-0.05, 0) is 37.5 Å². The molecule has 0 aliphatic heterocycles. The molecule has 6 nitrogen and oxygen atoms in total. The minimum absolute atomic E-state index is 0.0227. The predicted octanol–water partition coefficient (Wildman–Crippen LogP) is 0.996. The van der Waals surface area contributed by atoms with Gasteiger partial charge in [-0.1, -0.05) is 13.0 Å². The van der Waals surface area contributed by atoms with Gasteiger partial charge in [0.05, 0.1) is 16.6 Å². The van der Waals surface area contributed by atoms with Crippen LogP contribution in [-0.4, -0.2) is 37.2 Å². The number of carboxylic acids is 1. The lowest BCUT2D eigenvalue weighted by atomic mass is 10.1. The van der Waals surface area contributed by atoms with Gasteiger partial charge in [0.25, 0.3) is 0 Å². The van der Waals surface area contributed by atoms with Gasteiger partial charge in [-0.2, -0.15) is 0 Å². The van der Waals surface area contributed by atoms with Gasteiger partial charge in [-0.15, -0.1) is 0 Å². The Morgan fingerprint density at radius 3 is 2.55 bits per heavy atom. The minimum atomic E-state index is -3.78. The second-order valence-corrected chi connectivity index (χ2v) is 6.25. The third kappa shape index (κ3) is 4.29. The Morgan fingerprint density at radius 1 is 1.40 bits per heavy atom. The molecule has 1 atom stereocenters. The van der Waals surface area contributed by atoms with E-state index in [0.29, 0.717) is 18.4 Å². The number of benzene rings is 1. The minimum Gasteiger partial charge on any atom is -0.478 e. The fourth-order valence-corrected chi connectivity index (χ4v) is 3.09.